The van der Waals surface area contributed by atoms with E-state index in [-0.39, 0.29) is 44.2 Å². The third-order valence-electron chi connectivity index (χ3n) is 4.32. The van der Waals surface area contributed by atoms with Crippen LogP contribution in [0.25, 0.3) is 5.57 Å². The van der Waals surface area contributed by atoms with Gasteiger partial charge in [-0.1, -0.05) is 0 Å². The van der Waals surface area contributed by atoms with Crippen molar-refractivity contribution in [2.45, 2.75) is 45.3 Å². The van der Waals surface area contributed by atoms with Gasteiger partial charge in [-0.05, 0) is 0 Å². The number of halogens is 2. The van der Waals surface area contributed by atoms with E-state index >= 15 is 0 Å². The van der Waals surface area contributed by atoms with Crippen LogP contribution in [0.4, 0.5) is 0 Å². The van der Waals surface area contributed by atoms with Gasteiger partial charge in [0, 0.05) is 0 Å². The van der Waals surface area contributed by atoms with Gasteiger partial charge in [-0.2, -0.15) is 0 Å². The van der Waals surface area contributed by atoms with Gasteiger partial charge in [-0.3, -0.25) is 0 Å². The molecule has 1 aliphatic rings. The predicted octanol–water partition coefficient (Wildman–Crippen LogP) is 5.79. The maximum atomic E-state index is 3.68. The summed E-state index contributed by atoms with van der Waals surface area (Å²) in [6.45, 7) is 10.3. The number of nitrogens with one attached hydrogen (secondary N) is 1. The van der Waals surface area contributed by atoms with Gasteiger partial charge in [0.25, 0.3) is 0 Å². The van der Waals surface area contributed by atoms with Crippen LogP contribution in [0.5, 0.6) is 0 Å². The Hall–Kier alpha value is -0.0457. The first-order chi connectivity index (χ1) is 10.1. The monoisotopic (exact) mass is 389 g/mol. The Labute approximate surface area is 163 Å². The average molecular weight is 390 g/mol. The van der Waals surface area contributed by atoms with E-state index in [2.05, 4.69) is 61.8 Å². The predicted molar refractivity (Wildman–Crippen MR) is 103 cm³/mol. The van der Waals surface area contributed by atoms with Gasteiger partial charge in [-0.25, -0.2) is 0 Å². The Morgan fingerprint density at radius 1 is 1.13 bits per heavy atom. The summed E-state index contributed by atoms with van der Waals surface area (Å²) in [6, 6.07) is 9.01. The number of rotatable bonds is 7. The quantitative estimate of drug-likeness (QED) is 0.459. The Balaban J connectivity index is 0.00000242. The minimum Gasteiger partial charge on any atom is -0.147 e. The van der Waals surface area contributed by atoms with E-state index in [4.69, 9.17) is 0 Å². The van der Waals surface area contributed by atoms with Crippen LogP contribution in [0, 0.1) is 5.92 Å². The summed E-state index contributed by atoms with van der Waals surface area (Å²) in [5, 5.41) is 0. The fraction of sp³-hybridized carbons (Fsp3) is 0.474. The van der Waals surface area contributed by atoms with E-state index in [0.29, 0.717) is 5.92 Å². The number of hydrogen-bond acceptors (Lipinski definition) is 1. The molecule has 1 nitrogen and oxygen atoms in total. The molecular weight excluding hydrogens is 361 g/mol. The first-order valence-corrected chi connectivity index (χ1v) is 9.97. The van der Waals surface area contributed by atoms with Crippen LogP contribution in [0.3, 0.4) is 0 Å². The molecule has 1 aromatic rings. The first-order valence-electron chi connectivity index (χ1n) is 8.08. The summed E-state index contributed by atoms with van der Waals surface area (Å²) in [5.41, 5.74) is 7.49. The molecule has 4 heteroatoms. The van der Waals surface area contributed by atoms with Crippen LogP contribution >= 0.6 is 24.8 Å². The molecule has 2 rings (SSSR count). The Kier molecular flexibility index (Phi) is 11.5. The van der Waals surface area contributed by atoms with Crippen molar-refractivity contribution >= 4 is 30.4 Å². The topological polar surface area (TPSA) is 12.0 Å². The Morgan fingerprint density at radius 3 is 2.43 bits per heavy atom. The van der Waals surface area contributed by atoms with Crippen molar-refractivity contribution in [1.82, 2.24) is 3.80 Å². The second-order valence-electron chi connectivity index (χ2n) is 5.97. The van der Waals surface area contributed by atoms with E-state index < -0.39 is 0 Å². The van der Waals surface area contributed by atoms with Crippen LogP contribution in [0.1, 0.15) is 51.7 Å². The molecule has 0 bridgehead atoms. The van der Waals surface area contributed by atoms with Crippen molar-refractivity contribution in [2.24, 2.45) is 5.92 Å². The van der Waals surface area contributed by atoms with Crippen LogP contribution < -0.4 is 3.80 Å². The molecular formula is C19H29Cl2NTi. The summed E-state index contributed by atoms with van der Waals surface area (Å²) < 4.78 is 4.92. The van der Waals surface area contributed by atoms with E-state index in [0.717, 1.165) is 0 Å². The molecule has 1 aliphatic carbocycles. The molecule has 0 saturated carbocycles. The van der Waals surface area contributed by atoms with Crippen molar-refractivity contribution in [2.75, 3.05) is 6.54 Å². The molecule has 1 aromatic carbocycles. The molecule has 0 fully saturated rings. The summed E-state index contributed by atoms with van der Waals surface area (Å²) in [7, 11) is 0. The van der Waals surface area contributed by atoms with Crippen molar-refractivity contribution in [1.29, 1.82) is 0 Å². The van der Waals surface area contributed by atoms with Gasteiger partial charge in [0.1, 0.15) is 0 Å². The summed E-state index contributed by atoms with van der Waals surface area (Å²) >= 11 is -0.0655. The van der Waals surface area contributed by atoms with Crippen molar-refractivity contribution in [3.63, 3.8) is 0 Å². The third kappa shape index (κ3) is 6.07. The molecule has 0 amide bonds. The standard InChI is InChI=1S/C15H17.C4H10N.2ClH.Ti/c1-10-7-5-6-8-14(10)15-12(3)9-11(2)13(15)4;1-2-3-4-5;;;/h5-9,12H,1H2,2-4H3;5H,2-4H2,1H3;2*1H;/q;-1;;;+1. The zero-order valence-corrected chi connectivity index (χ0v) is 17.8. The van der Waals surface area contributed by atoms with Crippen LogP contribution in [-0.2, 0) is 24.1 Å². The fourth-order valence-electron chi connectivity index (χ4n) is 3.03. The minimum absolute atomic E-state index is 0. The molecule has 0 radical (unpaired) electrons. The number of benzene rings is 1. The minimum atomic E-state index is -0.0655. The van der Waals surface area contributed by atoms with E-state index in [1.54, 1.807) is 5.57 Å². The van der Waals surface area contributed by atoms with Gasteiger partial charge in [0.05, 0.1) is 0 Å². The summed E-state index contributed by atoms with van der Waals surface area (Å²) in [4.78, 5) is 0. The molecule has 1 N–H and O–H groups in total. The molecule has 1 unspecified atom stereocenters. The third-order valence-corrected chi connectivity index (χ3v) is 5.97. The van der Waals surface area contributed by atoms with Crippen LogP contribution in [0.15, 0.2) is 41.5 Å². The molecule has 0 heterocycles. The zero-order valence-electron chi connectivity index (χ0n) is 14.6. The molecule has 0 aromatic heterocycles. The maximum Gasteiger partial charge on any atom is -0.147 e. The van der Waals surface area contributed by atoms with E-state index in [9.17, 15) is 0 Å². The van der Waals surface area contributed by atoms with Crippen LogP contribution in [0.2, 0.25) is 0 Å². The largest absolute Gasteiger partial charge is 0.147 e. The first kappa shape index (κ1) is 23.0. The number of allylic oxidation sites excluding steroid dienone is 4. The molecule has 23 heavy (non-hydrogen) atoms. The maximum absolute atomic E-state index is 3.68. The Morgan fingerprint density at radius 2 is 1.83 bits per heavy atom. The smallest absolute Gasteiger partial charge is 0.147 e. The van der Waals surface area contributed by atoms with Gasteiger partial charge in [-0.15, -0.1) is 24.8 Å². The van der Waals surface area contributed by atoms with Crippen molar-refractivity contribution in [3.05, 3.63) is 52.6 Å². The van der Waals surface area contributed by atoms with Gasteiger partial charge in [0.15, 0.2) is 0 Å². The van der Waals surface area contributed by atoms with Gasteiger partial charge < -0.3 is 0 Å². The fourth-order valence-corrected chi connectivity index (χ4v) is 4.56. The number of hydrogen-bond donors (Lipinski definition) is 1. The molecule has 1 atom stereocenters. The second-order valence-corrected chi connectivity index (χ2v) is 7.62. The average Bonchev–Trinajstić information content (AvgIpc) is 2.73. The van der Waals surface area contributed by atoms with Crippen LogP contribution in [-0.4, -0.2) is 6.54 Å². The molecule has 128 valence electrons. The summed E-state index contributed by atoms with van der Waals surface area (Å²) in [6.07, 6.45) is 4.98. The van der Waals surface area contributed by atoms with E-state index in [1.165, 1.54) is 46.4 Å². The van der Waals surface area contributed by atoms with Gasteiger partial charge >= 0.3 is 139 Å². The normalized spacial score (nSPS) is 16.5. The Bertz CT molecular complexity index is 552. The zero-order chi connectivity index (χ0) is 15.2. The van der Waals surface area contributed by atoms with E-state index in [1.807, 2.05) is 0 Å². The SMILES string of the molecule is CCCC[NH][Ti][CH2]c1ccccc1C1=C(C)C(C)=CC1C.Cl.Cl. The van der Waals surface area contributed by atoms with Crippen molar-refractivity contribution in [3.8, 4) is 0 Å². The number of unbranched alkanes of at least 4 members (excludes halogenated alkanes) is 1. The molecule has 0 spiro atoms. The molecule has 0 saturated heterocycles. The molecule has 0 aliphatic heterocycles. The second kappa shape index (κ2) is 11.5. The summed E-state index contributed by atoms with van der Waals surface area (Å²) in [5.74, 6) is 0.555. The van der Waals surface area contributed by atoms with Crippen molar-refractivity contribution < 1.29 is 19.4 Å². The van der Waals surface area contributed by atoms with Gasteiger partial charge in [0.2, 0.25) is 0 Å².